The highest BCUT2D eigenvalue weighted by Gasteiger charge is 2.23. The lowest BCUT2D eigenvalue weighted by atomic mass is 10.1. The topological polar surface area (TPSA) is 113 Å². The first-order valence-corrected chi connectivity index (χ1v) is 11.9. The highest BCUT2D eigenvalue weighted by Crippen LogP contribution is 2.21. The van der Waals surface area contributed by atoms with Crippen LogP contribution in [0.1, 0.15) is 33.2 Å². The van der Waals surface area contributed by atoms with Crippen molar-refractivity contribution in [2.24, 2.45) is 0 Å². The number of nitrogens with one attached hydrogen (secondary N) is 2. The Bertz CT molecular complexity index is 1320. The number of rotatable bonds is 8. The van der Waals surface area contributed by atoms with Crippen LogP contribution in [-0.4, -0.2) is 43.9 Å². The van der Waals surface area contributed by atoms with Gasteiger partial charge in [-0.3, -0.25) is 14.4 Å². The molecule has 0 fully saturated rings. The van der Waals surface area contributed by atoms with E-state index in [-0.39, 0.29) is 16.6 Å². The molecule has 9 heteroatoms. The molecule has 0 heterocycles. The van der Waals surface area contributed by atoms with Crippen LogP contribution in [-0.2, 0) is 14.8 Å². The highest BCUT2D eigenvalue weighted by molar-refractivity contribution is 7.89. The van der Waals surface area contributed by atoms with Gasteiger partial charge in [0.15, 0.2) is 5.78 Å². The van der Waals surface area contributed by atoms with E-state index >= 15 is 0 Å². The Morgan fingerprint density at radius 1 is 0.853 bits per heavy atom. The lowest BCUT2D eigenvalue weighted by Gasteiger charge is -2.18. The summed E-state index contributed by atoms with van der Waals surface area (Å²) in [6.07, 6.45) is 0. The van der Waals surface area contributed by atoms with E-state index in [1.54, 1.807) is 49.4 Å². The van der Waals surface area contributed by atoms with Crippen molar-refractivity contribution < 1.29 is 22.8 Å². The van der Waals surface area contributed by atoms with Gasteiger partial charge in [0, 0.05) is 29.5 Å². The number of carbonyl (C=O) groups is 3. The monoisotopic (exact) mass is 479 g/mol. The zero-order valence-electron chi connectivity index (χ0n) is 19.0. The van der Waals surface area contributed by atoms with Crippen molar-refractivity contribution in [3.8, 4) is 0 Å². The second kappa shape index (κ2) is 10.4. The second-order valence-electron chi connectivity index (χ2n) is 7.69. The van der Waals surface area contributed by atoms with E-state index in [1.807, 2.05) is 6.07 Å². The molecule has 8 nitrogen and oxygen atoms in total. The van der Waals surface area contributed by atoms with E-state index in [2.05, 4.69) is 10.6 Å². The molecule has 3 aromatic rings. The van der Waals surface area contributed by atoms with Gasteiger partial charge in [0.25, 0.3) is 5.91 Å². The van der Waals surface area contributed by atoms with Crippen LogP contribution >= 0.6 is 0 Å². The summed E-state index contributed by atoms with van der Waals surface area (Å²) in [7, 11) is -2.64. The fraction of sp³-hybridized carbons (Fsp3) is 0.160. The molecule has 2 N–H and O–H groups in total. The summed E-state index contributed by atoms with van der Waals surface area (Å²) in [5, 5.41) is 5.48. The molecule has 0 saturated carbocycles. The van der Waals surface area contributed by atoms with Gasteiger partial charge in [-0.05, 0) is 55.8 Å². The van der Waals surface area contributed by atoms with Crippen LogP contribution in [0.3, 0.4) is 0 Å². The van der Waals surface area contributed by atoms with Crippen LogP contribution in [0.15, 0.2) is 77.7 Å². The fourth-order valence-corrected chi connectivity index (χ4v) is 4.38. The van der Waals surface area contributed by atoms with E-state index < -0.39 is 22.5 Å². The predicted molar refractivity (Wildman–Crippen MR) is 130 cm³/mol. The fourth-order valence-electron chi connectivity index (χ4n) is 3.26. The van der Waals surface area contributed by atoms with E-state index in [1.165, 1.54) is 38.2 Å². The summed E-state index contributed by atoms with van der Waals surface area (Å²) in [6.45, 7) is 2.66. The average Bonchev–Trinajstić information content (AvgIpc) is 2.81. The summed E-state index contributed by atoms with van der Waals surface area (Å²) >= 11 is 0. The molecule has 0 aromatic heterocycles. The first kappa shape index (κ1) is 24.8. The SMILES string of the molecule is CC(=O)c1ccc(S(=O)(=O)N(C)CC(=O)Nc2cccc(C(=O)Nc3ccccc3)c2C)cc1. The maximum atomic E-state index is 12.8. The van der Waals surface area contributed by atoms with Crippen LogP contribution in [0.2, 0.25) is 0 Å². The molecule has 0 aliphatic heterocycles. The molecule has 0 saturated heterocycles. The maximum Gasteiger partial charge on any atom is 0.256 e. The Morgan fingerprint density at radius 3 is 2.12 bits per heavy atom. The minimum Gasteiger partial charge on any atom is -0.325 e. The molecule has 3 rings (SSSR count). The molecule has 2 amide bonds. The van der Waals surface area contributed by atoms with Crippen molar-refractivity contribution in [1.82, 2.24) is 4.31 Å². The predicted octanol–water partition coefficient (Wildman–Crippen LogP) is 3.71. The number of nitrogens with zero attached hydrogens (tertiary/aromatic N) is 1. The molecular weight excluding hydrogens is 454 g/mol. The first-order valence-electron chi connectivity index (χ1n) is 10.4. The number of sulfonamides is 1. The summed E-state index contributed by atoms with van der Waals surface area (Å²) in [4.78, 5) is 36.7. The van der Waals surface area contributed by atoms with Crippen molar-refractivity contribution in [2.75, 3.05) is 24.2 Å². The van der Waals surface area contributed by atoms with Gasteiger partial charge in [-0.2, -0.15) is 4.31 Å². The quantitative estimate of drug-likeness (QED) is 0.478. The van der Waals surface area contributed by atoms with Gasteiger partial charge < -0.3 is 10.6 Å². The molecule has 0 aliphatic rings. The van der Waals surface area contributed by atoms with E-state index in [0.29, 0.717) is 28.1 Å². The minimum absolute atomic E-state index is 0.0245. The Kier molecular flexibility index (Phi) is 7.60. The molecule has 34 heavy (non-hydrogen) atoms. The molecule has 0 bridgehead atoms. The second-order valence-corrected chi connectivity index (χ2v) is 9.73. The molecule has 0 atom stereocenters. The molecule has 0 aliphatic carbocycles. The van der Waals surface area contributed by atoms with Crippen molar-refractivity contribution in [3.05, 3.63) is 89.5 Å². The lowest BCUT2D eigenvalue weighted by molar-refractivity contribution is -0.116. The maximum absolute atomic E-state index is 12.8. The number of Topliss-reactive ketones (excluding diaryl/α,β-unsaturated/α-hetero) is 1. The van der Waals surface area contributed by atoms with Gasteiger partial charge in [-0.1, -0.05) is 36.4 Å². The summed E-state index contributed by atoms with van der Waals surface area (Å²) in [5.41, 5.74) is 2.38. The number of hydrogen-bond acceptors (Lipinski definition) is 5. The summed E-state index contributed by atoms with van der Waals surface area (Å²) < 4.78 is 26.5. The Labute approximate surface area is 198 Å². The van der Waals surface area contributed by atoms with Crippen molar-refractivity contribution in [2.45, 2.75) is 18.7 Å². The van der Waals surface area contributed by atoms with Crippen LogP contribution in [0.4, 0.5) is 11.4 Å². The van der Waals surface area contributed by atoms with Gasteiger partial charge in [-0.25, -0.2) is 8.42 Å². The minimum atomic E-state index is -3.94. The van der Waals surface area contributed by atoms with E-state index in [0.717, 1.165) is 4.31 Å². The Hall–Kier alpha value is -3.82. The molecule has 3 aromatic carbocycles. The normalized spacial score (nSPS) is 11.2. The smallest absolute Gasteiger partial charge is 0.256 e. The van der Waals surface area contributed by atoms with Gasteiger partial charge in [-0.15, -0.1) is 0 Å². The molecule has 0 unspecified atom stereocenters. The molecule has 0 spiro atoms. The number of amides is 2. The van der Waals surface area contributed by atoms with Gasteiger partial charge in [0.05, 0.1) is 11.4 Å². The number of benzene rings is 3. The molecular formula is C25H25N3O5S. The average molecular weight is 480 g/mol. The van der Waals surface area contributed by atoms with Crippen LogP contribution < -0.4 is 10.6 Å². The summed E-state index contributed by atoms with van der Waals surface area (Å²) in [6, 6.07) is 19.4. The number of para-hydroxylation sites is 1. The number of hydrogen-bond donors (Lipinski definition) is 2. The van der Waals surface area contributed by atoms with Gasteiger partial charge >= 0.3 is 0 Å². The van der Waals surface area contributed by atoms with E-state index in [4.69, 9.17) is 0 Å². The first-order chi connectivity index (χ1) is 16.1. The van der Waals surface area contributed by atoms with Crippen molar-refractivity contribution >= 4 is 39.0 Å². The third-order valence-corrected chi connectivity index (χ3v) is 7.04. The molecule has 0 radical (unpaired) electrons. The number of ketones is 1. The van der Waals surface area contributed by atoms with Crippen molar-refractivity contribution in [3.63, 3.8) is 0 Å². The standard InChI is InChI=1S/C25H25N3O5S/c1-17-22(25(31)26-20-8-5-4-6-9-20)10-7-11-23(17)27-24(30)16-28(3)34(32,33)21-14-12-19(13-15-21)18(2)29/h4-15H,16H2,1-3H3,(H,26,31)(H,27,30). The highest BCUT2D eigenvalue weighted by atomic mass is 32.2. The number of carbonyl (C=O) groups excluding carboxylic acids is 3. The largest absolute Gasteiger partial charge is 0.325 e. The van der Waals surface area contributed by atoms with E-state index in [9.17, 15) is 22.8 Å². The Morgan fingerprint density at radius 2 is 1.50 bits per heavy atom. The molecule has 176 valence electrons. The van der Waals surface area contributed by atoms with Crippen molar-refractivity contribution in [1.29, 1.82) is 0 Å². The zero-order valence-corrected chi connectivity index (χ0v) is 19.8. The van der Waals surface area contributed by atoms with Gasteiger partial charge in [0.1, 0.15) is 0 Å². The third kappa shape index (κ3) is 5.75. The lowest BCUT2D eigenvalue weighted by Crippen LogP contribution is -2.35. The third-order valence-electron chi connectivity index (χ3n) is 5.22. The number of likely N-dealkylation sites (N-methyl/N-ethyl adjacent to an activating group) is 1. The number of anilines is 2. The summed E-state index contributed by atoms with van der Waals surface area (Å²) in [5.74, 6) is -1.06. The van der Waals surface area contributed by atoms with Gasteiger partial charge in [0.2, 0.25) is 15.9 Å². The zero-order chi connectivity index (χ0) is 24.9. The van der Waals surface area contributed by atoms with Crippen LogP contribution in [0.25, 0.3) is 0 Å². The van der Waals surface area contributed by atoms with Crippen LogP contribution in [0, 0.1) is 6.92 Å². The Balaban J connectivity index is 1.70. The van der Waals surface area contributed by atoms with Crippen LogP contribution in [0.5, 0.6) is 0 Å².